The molecule has 0 unspecified atom stereocenters. The molecule has 4 nitrogen and oxygen atoms in total. The third-order valence-corrected chi connectivity index (χ3v) is 5.27. The largest absolute Gasteiger partial charge is 0.497 e. The van der Waals surface area contributed by atoms with Crippen LogP contribution in [0.3, 0.4) is 0 Å². The quantitative estimate of drug-likeness (QED) is 0.348. The normalized spacial score (nSPS) is 10.9. The minimum Gasteiger partial charge on any atom is -0.497 e. The van der Waals surface area contributed by atoms with Crippen LogP contribution in [0.4, 0.5) is 0 Å². The van der Waals surface area contributed by atoms with Crippen molar-refractivity contribution in [3.8, 4) is 22.6 Å². The van der Waals surface area contributed by atoms with Crippen LogP contribution in [0.25, 0.3) is 22.1 Å². The van der Waals surface area contributed by atoms with Crippen molar-refractivity contribution in [2.45, 2.75) is 6.61 Å². The van der Waals surface area contributed by atoms with Gasteiger partial charge in [0.15, 0.2) is 0 Å². The zero-order chi connectivity index (χ0) is 20.4. The zero-order valence-electron chi connectivity index (χ0n) is 15.4. The van der Waals surface area contributed by atoms with Crippen LogP contribution in [0.1, 0.15) is 5.56 Å². The summed E-state index contributed by atoms with van der Waals surface area (Å²) in [4.78, 5) is 12.1. The summed E-state index contributed by atoms with van der Waals surface area (Å²) in [5.41, 5.74) is 2.37. The molecule has 0 saturated heterocycles. The number of methoxy groups -OCH3 is 1. The summed E-state index contributed by atoms with van der Waals surface area (Å²) in [7, 11) is 1.61. The molecule has 0 amide bonds. The standard InChI is InChI=1S/C23H16Cl2O4/c1-27-15-7-5-14(6-8-15)18-12-23(26)29-22-11-16(9-10-17(18)22)28-13-19-20(24)3-2-4-21(19)25/h2-12H,13H2,1H3. The van der Waals surface area contributed by atoms with Crippen molar-refractivity contribution in [3.05, 3.63) is 92.8 Å². The van der Waals surface area contributed by atoms with E-state index >= 15 is 0 Å². The van der Waals surface area contributed by atoms with Gasteiger partial charge in [0.25, 0.3) is 0 Å². The van der Waals surface area contributed by atoms with Crippen LogP contribution >= 0.6 is 23.2 Å². The molecular weight excluding hydrogens is 411 g/mol. The van der Waals surface area contributed by atoms with Crippen molar-refractivity contribution in [2.24, 2.45) is 0 Å². The van der Waals surface area contributed by atoms with Gasteiger partial charge in [-0.3, -0.25) is 0 Å². The molecule has 0 N–H and O–H groups in total. The van der Waals surface area contributed by atoms with E-state index in [1.165, 1.54) is 6.07 Å². The Morgan fingerprint density at radius 1 is 0.897 bits per heavy atom. The molecule has 0 saturated carbocycles. The third-order valence-electron chi connectivity index (χ3n) is 4.56. The molecule has 0 aliphatic carbocycles. The molecule has 1 aromatic heterocycles. The highest BCUT2D eigenvalue weighted by molar-refractivity contribution is 6.35. The Kier molecular flexibility index (Phi) is 5.47. The third kappa shape index (κ3) is 4.09. The Balaban J connectivity index is 1.68. The summed E-state index contributed by atoms with van der Waals surface area (Å²) in [5, 5.41) is 1.87. The predicted molar refractivity (Wildman–Crippen MR) is 115 cm³/mol. The van der Waals surface area contributed by atoms with E-state index < -0.39 is 5.63 Å². The molecule has 0 aliphatic heterocycles. The van der Waals surface area contributed by atoms with Gasteiger partial charge in [0, 0.05) is 33.1 Å². The number of rotatable bonds is 5. The summed E-state index contributed by atoms with van der Waals surface area (Å²) in [5.74, 6) is 1.29. The molecule has 1 heterocycles. The Morgan fingerprint density at radius 2 is 1.59 bits per heavy atom. The minimum absolute atomic E-state index is 0.201. The number of hydrogen-bond donors (Lipinski definition) is 0. The fourth-order valence-electron chi connectivity index (χ4n) is 3.07. The molecular formula is C23H16Cl2O4. The van der Waals surface area contributed by atoms with Crippen molar-refractivity contribution >= 4 is 34.2 Å². The molecule has 0 radical (unpaired) electrons. The number of benzene rings is 3. The van der Waals surface area contributed by atoms with E-state index in [-0.39, 0.29) is 6.61 Å². The number of ether oxygens (including phenoxy) is 2. The Labute approximate surface area is 177 Å². The van der Waals surface area contributed by atoms with E-state index in [1.54, 1.807) is 31.4 Å². The van der Waals surface area contributed by atoms with E-state index in [0.717, 1.165) is 22.3 Å². The van der Waals surface area contributed by atoms with Crippen molar-refractivity contribution in [1.29, 1.82) is 0 Å². The summed E-state index contributed by atoms with van der Waals surface area (Å²) in [6, 6.07) is 19.6. The highest BCUT2D eigenvalue weighted by atomic mass is 35.5. The second kappa shape index (κ2) is 8.19. The van der Waals surface area contributed by atoms with Gasteiger partial charge >= 0.3 is 5.63 Å². The molecule has 4 aromatic rings. The lowest BCUT2D eigenvalue weighted by molar-refractivity contribution is 0.306. The van der Waals surface area contributed by atoms with Crippen LogP contribution < -0.4 is 15.1 Å². The first-order valence-electron chi connectivity index (χ1n) is 8.83. The summed E-state index contributed by atoms with van der Waals surface area (Å²) < 4.78 is 16.4. The summed E-state index contributed by atoms with van der Waals surface area (Å²) in [6.45, 7) is 0.201. The minimum atomic E-state index is -0.436. The molecule has 3 aromatic carbocycles. The van der Waals surface area contributed by atoms with E-state index in [9.17, 15) is 4.79 Å². The number of fused-ring (bicyclic) bond motifs is 1. The average molecular weight is 427 g/mol. The SMILES string of the molecule is COc1ccc(-c2cc(=O)oc3cc(OCc4c(Cl)cccc4Cl)ccc23)cc1. The van der Waals surface area contributed by atoms with Crippen LogP contribution in [-0.4, -0.2) is 7.11 Å². The summed E-state index contributed by atoms with van der Waals surface area (Å²) in [6.07, 6.45) is 0. The molecule has 146 valence electrons. The molecule has 0 fully saturated rings. The van der Waals surface area contributed by atoms with Gasteiger partial charge in [-0.05, 0) is 47.5 Å². The van der Waals surface area contributed by atoms with E-state index in [2.05, 4.69) is 0 Å². The Hall–Kier alpha value is -2.95. The Bertz CT molecular complexity index is 1210. The molecule has 29 heavy (non-hydrogen) atoms. The molecule has 0 spiro atoms. The van der Waals surface area contributed by atoms with Gasteiger partial charge in [-0.15, -0.1) is 0 Å². The molecule has 0 atom stereocenters. The van der Waals surface area contributed by atoms with Crippen molar-refractivity contribution in [3.63, 3.8) is 0 Å². The lowest BCUT2D eigenvalue weighted by atomic mass is 10.0. The van der Waals surface area contributed by atoms with Gasteiger partial charge < -0.3 is 13.9 Å². The van der Waals surface area contributed by atoms with Crippen LogP contribution in [-0.2, 0) is 6.61 Å². The van der Waals surface area contributed by atoms with Crippen molar-refractivity contribution in [2.75, 3.05) is 7.11 Å². The molecule has 0 aliphatic rings. The monoisotopic (exact) mass is 426 g/mol. The molecule has 6 heteroatoms. The first kappa shape index (κ1) is 19.4. The molecule has 4 rings (SSSR count). The van der Waals surface area contributed by atoms with Crippen molar-refractivity contribution < 1.29 is 13.9 Å². The number of halogens is 2. The Morgan fingerprint density at radius 3 is 2.28 bits per heavy atom. The topological polar surface area (TPSA) is 48.7 Å². The number of hydrogen-bond acceptors (Lipinski definition) is 4. The molecule has 0 bridgehead atoms. The average Bonchev–Trinajstić information content (AvgIpc) is 2.72. The second-order valence-corrected chi connectivity index (χ2v) is 7.17. The first-order valence-corrected chi connectivity index (χ1v) is 9.59. The summed E-state index contributed by atoms with van der Waals surface area (Å²) >= 11 is 12.4. The fraction of sp³-hybridized carbons (Fsp3) is 0.0870. The highest BCUT2D eigenvalue weighted by Gasteiger charge is 2.11. The fourth-order valence-corrected chi connectivity index (χ4v) is 3.57. The first-order chi connectivity index (χ1) is 14.0. The van der Waals surface area contributed by atoms with E-state index in [4.69, 9.17) is 37.1 Å². The van der Waals surface area contributed by atoms with Gasteiger partial charge in [-0.25, -0.2) is 4.79 Å². The lowest BCUT2D eigenvalue weighted by Crippen LogP contribution is -2.00. The van der Waals surface area contributed by atoms with E-state index in [0.29, 0.717) is 26.9 Å². The van der Waals surface area contributed by atoms with Gasteiger partial charge in [0.2, 0.25) is 0 Å². The van der Waals surface area contributed by atoms with Crippen LogP contribution in [0, 0.1) is 0 Å². The maximum Gasteiger partial charge on any atom is 0.336 e. The second-order valence-electron chi connectivity index (χ2n) is 6.35. The highest BCUT2D eigenvalue weighted by Crippen LogP contribution is 2.32. The smallest absolute Gasteiger partial charge is 0.336 e. The van der Waals surface area contributed by atoms with Crippen LogP contribution in [0.15, 0.2) is 75.9 Å². The van der Waals surface area contributed by atoms with Gasteiger partial charge in [0.1, 0.15) is 23.7 Å². The van der Waals surface area contributed by atoms with Gasteiger partial charge in [-0.1, -0.05) is 41.4 Å². The van der Waals surface area contributed by atoms with Gasteiger partial charge in [0.05, 0.1) is 7.11 Å². The maximum atomic E-state index is 12.1. The van der Waals surface area contributed by atoms with Crippen LogP contribution in [0.5, 0.6) is 11.5 Å². The maximum absolute atomic E-state index is 12.1. The zero-order valence-corrected chi connectivity index (χ0v) is 17.0. The van der Waals surface area contributed by atoms with Gasteiger partial charge in [-0.2, -0.15) is 0 Å². The van der Waals surface area contributed by atoms with Crippen molar-refractivity contribution in [1.82, 2.24) is 0 Å². The lowest BCUT2D eigenvalue weighted by Gasteiger charge is -2.11. The predicted octanol–water partition coefficient (Wildman–Crippen LogP) is 6.35. The van der Waals surface area contributed by atoms with Crippen LogP contribution in [0.2, 0.25) is 10.0 Å². The van der Waals surface area contributed by atoms with E-state index in [1.807, 2.05) is 36.4 Å².